The second kappa shape index (κ2) is 7.25. The second-order valence-electron chi connectivity index (χ2n) is 4.13. The Morgan fingerprint density at radius 3 is 2.68 bits per heavy atom. The minimum Gasteiger partial charge on any atom is -0.504 e. The number of benzene rings is 1. The lowest BCUT2D eigenvalue weighted by Crippen LogP contribution is -2.31. The van der Waals surface area contributed by atoms with Crippen LogP contribution in [0.1, 0.15) is 13.3 Å². The van der Waals surface area contributed by atoms with Gasteiger partial charge >= 0.3 is 5.97 Å². The molecular formula is C13H17NO5. The van der Waals surface area contributed by atoms with Crippen LogP contribution < -0.4 is 10.1 Å². The molecule has 0 heterocycles. The van der Waals surface area contributed by atoms with E-state index in [0.29, 0.717) is 6.42 Å². The maximum absolute atomic E-state index is 11.4. The maximum Gasteiger partial charge on any atom is 0.306 e. The highest BCUT2D eigenvalue weighted by molar-refractivity contribution is 5.77. The molecule has 0 aromatic heterocycles. The van der Waals surface area contributed by atoms with Crippen LogP contribution in [0.25, 0.3) is 0 Å². The van der Waals surface area contributed by atoms with E-state index in [4.69, 9.17) is 9.84 Å². The first-order chi connectivity index (χ1) is 9.00. The van der Waals surface area contributed by atoms with Crippen molar-refractivity contribution in [1.29, 1.82) is 0 Å². The van der Waals surface area contributed by atoms with E-state index >= 15 is 0 Å². The molecule has 1 aromatic carbocycles. The van der Waals surface area contributed by atoms with Gasteiger partial charge in [-0.05, 0) is 18.6 Å². The predicted octanol–water partition coefficient (Wildman–Crippen LogP) is 0.998. The van der Waals surface area contributed by atoms with E-state index in [1.54, 1.807) is 25.1 Å². The third-order valence-corrected chi connectivity index (χ3v) is 2.55. The fourth-order valence-electron chi connectivity index (χ4n) is 1.33. The fourth-order valence-corrected chi connectivity index (χ4v) is 1.33. The van der Waals surface area contributed by atoms with Crippen LogP contribution in [0.3, 0.4) is 0 Å². The van der Waals surface area contributed by atoms with Crippen molar-refractivity contribution in [2.75, 3.05) is 13.2 Å². The van der Waals surface area contributed by atoms with E-state index in [1.165, 1.54) is 6.07 Å². The van der Waals surface area contributed by atoms with Crippen LogP contribution in [0.15, 0.2) is 24.3 Å². The van der Waals surface area contributed by atoms with Crippen molar-refractivity contribution in [2.45, 2.75) is 13.3 Å². The molecule has 19 heavy (non-hydrogen) atoms. The second-order valence-corrected chi connectivity index (χ2v) is 4.13. The van der Waals surface area contributed by atoms with E-state index in [-0.39, 0.29) is 30.6 Å². The zero-order valence-corrected chi connectivity index (χ0v) is 10.6. The molecule has 0 aliphatic carbocycles. The highest BCUT2D eigenvalue weighted by Gasteiger charge is 2.11. The summed E-state index contributed by atoms with van der Waals surface area (Å²) in [5, 5.41) is 20.6. The van der Waals surface area contributed by atoms with Gasteiger partial charge in [-0.15, -0.1) is 0 Å². The first kappa shape index (κ1) is 14.8. The minimum absolute atomic E-state index is 0.0326. The highest BCUT2D eigenvalue weighted by atomic mass is 16.5. The number of carboxylic acids is 1. The van der Waals surface area contributed by atoms with Gasteiger partial charge in [0, 0.05) is 6.54 Å². The number of rotatable bonds is 7. The zero-order chi connectivity index (χ0) is 14.3. The van der Waals surface area contributed by atoms with Crippen LogP contribution >= 0.6 is 0 Å². The normalized spacial score (nSPS) is 11.6. The summed E-state index contributed by atoms with van der Waals surface area (Å²) in [6, 6.07) is 6.34. The Bertz CT molecular complexity index is 446. The molecular weight excluding hydrogens is 250 g/mol. The van der Waals surface area contributed by atoms with Crippen molar-refractivity contribution in [2.24, 2.45) is 5.92 Å². The van der Waals surface area contributed by atoms with Gasteiger partial charge in [-0.2, -0.15) is 0 Å². The van der Waals surface area contributed by atoms with Crippen molar-refractivity contribution in [3.63, 3.8) is 0 Å². The summed E-state index contributed by atoms with van der Waals surface area (Å²) in [5.74, 6) is -1.55. The van der Waals surface area contributed by atoms with Crippen LogP contribution in [-0.4, -0.2) is 35.2 Å². The monoisotopic (exact) mass is 267 g/mol. The van der Waals surface area contributed by atoms with Crippen molar-refractivity contribution >= 4 is 11.9 Å². The van der Waals surface area contributed by atoms with E-state index in [0.717, 1.165) is 0 Å². The van der Waals surface area contributed by atoms with E-state index in [1.807, 2.05) is 0 Å². The molecule has 0 saturated heterocycles. The number of carbonyl (C=O) groups excluding carboxylic acids is 1. The number of para-hydroxylation sites is 2. The van der Waals surface area contributed by atoms with Gasteiger partial charge in [0.15, 0.2) is 18.1 Å². The van der Waals surface area contributed by atoms with Crippen LogP contribution in [-0.2, 0) is 9.59 Å². The number of carbonyl (C=O) groups is 2. The SMILES string of the molecule is CC(CCNC(=O)COc1ccccc1O)C(=O)O. The summed E-state index contributed by atoms with van der Waals surface area (Å²) in [4.78, 5) is 22.0. The van der Waals surface area contributed by atoms with Gasteiger partial charge < -0.3 is 20.3 Å². The number of aromatic hydroxyl groups is 1. The molecule has 0 aliphatic rings. The Morgan fingerprint density at radius 1 is 1.37 bits per heavy atom. The highest BCUT2D eigenvalue weighted by Crippen LogP contribution is 2.23. The van der Waals surface area contributed by atoms with Crippen molar-refractivity contribution < 1.29 is 24.5 Å². The van der Waals surface area contributed by atoms with Gasteiger partial charge in [0.2, 0.25) is 0 Å². The smallest absolute Gasteiger partial charge is 0.306 e. The predicted molar refractivity (Wildman–Crippen MR) is 68.0 cm³/mol. The molecule has 1 rings (SSSR count). The van der Waals surface area contributed by atoms with Gasteiger partial charge in [0.25, 0.3) is 5.91 Å². The Morgan fingerprint density at radius 2 is 2.05 bits per heavy atom. The third kappa shape index (κ3) is 5.29. The molecule has 3 N–H and O–H groups in total. The summed E-state index contributed by atoms with van der Waals surface area (Å²) >= 11 is 0. The van der Waals surface area contributed by atoms with Crippen LogP contribution in [0.2, 0.25) is 0 Å². The average molecular weight is 267 g/mol. The number of aliphatic carboxylic acids is 1. The lowest BCUT2D eigenvalue weighted by Gasteiger charge is -2.09. The van der Waals surface area contributed by atoms with E-state index in [9.17, 15) is 14.7 Å². The number of ether oxygens (including phenoxy) is 1. The molecule has 104 valence electrons. The van der Waals surface area contributed by atoms with Gasteiger partial charge in [-0.1, -0.05) is 19.1 Å². The first-order valence-electron chi connectivity index (χ1n) is 5.91. The van der Waals surface area contributed by atoms with E-state index < -0.39 is 11.9 Å². The standard InChI is InChI=1S/C13H17NO5/c1-9(13(17)18)6-7-14-12(16)8-19-11-5-3-2-4-10(11)15/h2-5,9,15H,6-8H2,1H3,(H,14,16)(H,17,18). The Hall–Kier alpha value is -2.24. The molecule has 0 spiro atoms. The van der Waals surface area contributed by atoms with Crippen molar-refractivity contribution in [3.05, 3.63) is 24.3 Å². The van der Waals surface area contributed by atoms with Gasteiger partial charge in [0.05, 0.1) is 5.92 Å². The van der Waals surface area contributed by atoms with Crippen molar-refractivity contribution in [1.82, 2.24) is 5.32 Å². The summed E-state index contributed by atoms with van der Waals surface area (Å²) in [6.07, 6.45) is 0.359. The molecule has 0 saturated carbocycles. The topological polar surface area (TPSA) is 95.9 Å². The Kier molecular flexibility index (Phi) is 5.66. The molecule has 1 unspecified atom stereocenters. The zero-order valence-electron chi connectivity index (χ0n) is 10.6. The quantitative estimate of drug-likeness (QED) is 0.685. The summed E-state index contributed by atoms with van der Waals surface area (Å²) < 4.78 is 5.13. The summed E-state index contributed by atoms with van der Waals surface area (Å²) in [6.45, 7) is 1.63. The molecule has 0 fully saturated rings. The molecule has 0 bridgehead atoms. The number of hydrogen-bond acceptors (Lipinski definition) is 4. The first-order valence-corrected chi connectivity index (χ1v) is 5.91. The van der Waals surface area contributed by atoms with Gasteiger partial charge in [-0.3, -0.25) is 9.59 Å². The maximum atomic E-state index is 11.4. The Balaban J connectivity index is 2.25. The number of carboxylic acid groups (broad SMARTS) is 1. The molecule has 1 atom stereocenters. The lowest BCUT2D eigenvalue weighted by atomic mass is 10.1. The molecule has 0 aliphatic heterocycles. The summed E-state index contributed by atoms with van der Waals surface area (Å²) in [5.41, 5.74) is 0. The minimum atomic E-state index is -0.889. The fraction of sp³-hybridized carbons (Fsp3) is 0.385. The van der Waals surface area contributed by atoms with Gasteiger partial charge in [0.1, 0.15) is 0 Å². The number of amides is 1. The van der Waals surface area contributed by atoms with Crippen LogP contribution in [0.5, 0.6) is 11.5 Å². The van der Waals surface area contributed by atoms with Gasteiger partial charge in [-0.25, -0.2) is 0 Å². The molecule has 1 aromatic rings. The molecule has 6 nitrogen and oxygen atoms in total. The van der Waals surface area contributed by atoms with Crippen molar-refractivity contribution in [3.8, 4) is 11.5 Å². The molecule has 0 radical (unpaired) electrons. The lowest BCUT2D eigenvalue weighted by molar-refractivity contribution is -0.141. The number of phenols is 1. The Labute approximate surface area is 111 Å². The largest absolute Gasteiger partial charge is 0.504 e. The van der Waals surface area contributed by atoms with E-state index in [2.05, 4.69) is 5.32 Å². The van der Waals surface area contributed by atoms with Crippen LogP contribution in [0.4, 0.5) is 0 Å². The van der Waals surface area contributed by atoms with Crippen LogP contribution in [0, 0.1) is 5.92 Å². The molecule has 6 heteroatoms. The summed E-state index contributed by atoms with van der Waals surface area (Å²) in [7, 11) is 0. The average Bonchev–Trinajstić information content (AvgIpc) is 2.37. The number of hydrogen-bond donors (Lipinski definition) is 3. The number of nitrogens with one attached hydrogen (secondary N) is 1. The third-order valence-electron chi connectivity index (χ3n) is 2.55. The molecule has 1 amide bonds. The number of phenolic OH excluding ortho intramolecular Hbond substituents is 1.